The summed E-state index contributed by atoms with van der Waals surface area (Å²) in [5, 5.41) is 2.54. The largest absolute Gasteiger partial charge is 0.467 e. The third-order valence-corrected chi connectivity index (χ3v) is 2.94. The average Bonchev–Trinajstić information content (AvgIpc) is 2.37. The van der Waals surface area contributed by atoms with Crippen molar-refractivity contribution >= 4 is 12.1 Å². The minimum Gasteiger partial charge on any atom is -0.467 e. The van der Waals surface area contributed by atoms with Crippen LogP contribution >= 0.6 is 0 Å². The van der Waals surface area contributed by atoms with Crippen LogP contribution in [0.4, 0.5) is 4.79 Å². The smallest absolute Gasteiger partial charge is 0.407 e. The highest BCUT2D eigenvalue weighted by molar-refractivity contribution is 5.81. The Morgan fingerprint density at radius 1 is 1.37 bits per heavy atom. The van der Waals surface area contributed by atoms with E-state index >= 15 is 0 Å². The van der Waals surface area contributed by atoms with E-state index < -0.39 is 18.1 Å². The summed E-state index contributed by atoms with van der Waals surface area (Å²) in [5.74, 6) is -0.361. The number of carbonyl (C=O) groups excluding carboxylic acids is 2. The van der Waals surface area contributed by atoms with Gasteiger partial charge in [-0.3, -0.25) is 0 Å². The number of alkyl carbamates (subject to hydrolysis) is 1. The number of unbranched alkanes of at least 4 members (excludes halogenated alkanes) is 1. The molecule has 0 fully saturated rings. The van der Waals surface area contributed by atoms with Crippen molar-refractivity contribution in [1.29, 1.82) is 0 Å². The lowest BCUT2D eigenvalue weighted by atomic mass is 9.96. The van der Waals surface area contributed by atoms with Crippen LogP contribution in [0.3, 0.4) is 0 Å². The number of carbonyl (C=O) groups is 2. The van der Waals surface area contributed by atoms with E-state index in [1.807, 2.05) is 20.8 Å². The molecule has 0 aromatic carbocycles. The summed E-state index contributed by atoms with van der Waals surface area (Å²) >= 11 is 0. The van der Waals surface area contributed by atoms with Crippen LogP contribution in [0.1, 0.15) is 40.0 Å². The predicted molar refractivity (Wildman–Crippen MR) is 73.8 cm³/mol. The zero-order valence-electron chi connectivity index (χ0n) is 12.3. The Balaban J connectivity index is 4.39. The number of amides is 1. The number of allylic oxidation sites excluding steroid dienone is 1. The number of rotatable bonds is 8. The highest BCUT2D eigenvalue weighted by Gasteiger charge is 2.24. The molecule has 0 saturated carbocycles. The Morgan fingerprint density at radius 2 is 2.00 bits per heavy atom. The number of hydrogen-bond acceptors (Lipinski definition) is 4. The van der Waals surface area contributed by atoms with Crippen LogP contribution in [0, 0.1) is 5.92 Å². The molecular weight excluding hydrogens is 246 g/mol. The van der Waals surface area contributed by atoms with Crippen LogP contribution in [0.15, 0.2) is 12.2 Å². The summed E-state index contributed by atoms with van der Waals surface area (Å²) in [6, 6.07) is -0.703. The lowest BCUT2D eigenvalue weighted by Crippen LogP contribution is -2.43. The van der Waals surface area contributed by atoms with E-state index in [0.29, 0.717) is 13.0 Å². The molecule has 0 heterocycles. The molecule has 2 unspecified atom stereocenters. The third kappa shape index (κ3) is 7.49. The molecule has 5 heteroatoms. The first-order chi connectivity index (χ1) is 8.92. The van der Waals surface area contributed by atoms with Gasteiger partial charge in [-0.1, -0.05) is 32.4 Å². The van der Waals surface area contributed by atoms with Crippen molar-refractivity contribution in [2.45, 2.75) is 46.1 Å². The SMILES string of the molecule is C=C(C)C(C)CC(NC(=O)OCCCC)C(=O)OC. The van der Waals surface area contributed by atoms with E-state index in [1.54, 1.807) is 0 Å². The monoisotopic (exact) mass is 271 g/mol. The van der Waals surface area contributed by atoms with Gasteiger partial charge in [0.05, 0.1) is 13.7 Å². The second-order valence-electron chi connectivity index (χ2n) is 4.69. The zero-order valence-corrected chi connectivity index (χ0v) is 12.3. The third-order valence-electron chi connectivity index (χ3n) is 2.94. The lowest BCUT2D eigenvalue weighted by Gasteiger charge is -2.20. The van der Waals surface area contributed by atoms with Crippen LogP contribution in [0.2, 0.25) is 0 Å². The van der Waals surface area contributed by atoms with E-state index in [2.05, 4.69) is 16.6 Å². The first-order valence-electron chi connectivity index (χ1n) is 6.58. The van der Waals surface area contributed by atoms with E-state index in [9.17, 15) is 9.59 Å². The molecule has 0 aromatic heterocycles. The molecular formula is C14H25NO4. The lowest BCUT2D eigenvalue weighted by molar-refractivity contribution is -0.143. The molecule has 0 aliphatic rings. The number of hydrogen-bond donors (Lipinski definition) is 1. The van der Waals surface area contributed by atoms with Gasteiger partial charge in [0.25, 0.3) is 0 Å². The highest BCUT2D eigenvalue weighted by Crippen LogP contribution is 2.15. The van der Waals surface area contributed by atoms with Gasteiger partial charge in [0, 0.05) is 0 Å². The number of esters is 1. The number of methoxy groups -OCH3 is 1. The van der Waals surface area contributed by atoms with E-state index in [1.165, 1.54) is 7.11 Å². The van der Waals surface area contributed by atoms with Gasteiger partial charge in [0.1, 0.15) is 6.04 Å². The normalized spacial score (nSPS) is 13.3. The average molecular weight is 271 g/mol. The first kappa shape index (κ1) is 17.5. The molecule has 110 valence electrons. The van der Waals surface area contributed by atoms with Crippen LogP contribution in [0.5, 0.6) is 0 Å². The minimum absolute atomic E-state index is 0.111. The zero-order chi connectivity index (χ0) is 14.8. The van der Waals surface area contributed by atoms with Gasteiger partial charge < -0.3 is 14.8 Å². The Morgan fingerprint density at radius 3 is 2.47 bits per heavy atom. The van der Waals surface area contributed by atoms with Crippen molar-refractivity contribution in [2.75, 3.05) is 13.7 Å². The maximum Gasteiger partial charge on any atom is 0.407 e. The Kier molecular flexibility index (Phi) is 8.66. The Hall–Kier alpha value is -1.52. The van der Waals surface area contributed by atoms with Gasteiger partial charge >= 0.3 is 12.1 Å². The summed E-state index contributed by atoms with van der Waals surface area (Å²) in [6.07, 6.45) is 1.61. The van der Waals surface area contributed by atoms with E-state index in [4.69, 9.17) is 4.74 Å². The minimum atomic E-state index is -0.703. The van der Waals surface area contributed by atoms with Gasteiger partial charge in [-0.15, -0.1) is 0 Å². The number of ether oxygens (including phenoxy) is 2. The van der Waals surface area contributed by atoms with Crippen molar-refractivity contribution in [2.24, 2.45) is 5.92 Å². The fraction of sp³-hybridized carbons (Fsp3) is 0.714. The molecule has 1 amide bonds. The molecule has 1 N–H and O–H groups in total. The molecule has 19 heavy (non-hydrogen) atoms. The number of nitrogens with one attached hydrogen (secondary N) is 1. The second kappa shape index (κ2) is 9.42. The van der Waals surface area contributed by atoms with Gasteiger partial charge in [-0.05, 0) is 25.7 Å². The Labute approximate surface area is 115 Å². The van der Waals surface area contributed by atoms with Crippen LogP contribution in [-0.2, 0) is 14.3 Å². The van der Waals surface area contributed by atoms with Gasteiger partial charge in [0.2, 0.25) is 0 Å². The van der Waals surface area contributed by atoms with Crippen molar-refractivity contribution in [3.63, 3.8) is 0 Å². The molecule has 0 saturated heterocycles. The maximum absolute atomic E-state index is 11.6. The van der Waals surface area contributed by atoms with E-state index in [0.717, 1.165) is 18.4 Å². The van der Waals surface area contributed by atoms with Gasteiger partial charge in [-0.25, -0.2) is 9.59 Å². The molecule has 2 atom stereocenters. The molecule has 0 spiro atoms. The van der Waals surface area contributed by atoms with Crippen molar-refractivity contribution in [3.8, 4) is 0 Å². The molecule has 0 aromatic rings. The fourth-order valence-corrected chi connectivity index (χ4v) is 1.40. The van der Waals surface area contributed by atoms with Crippen LogP contribution in [-0.4, -0.2) is 31.8 Å². The van der Waals surface area contributed by atoms with Crippen molar-refractivity contribution in [3.05, 3.63) is 12.2 Å². The summed E-state index contributed by atoms with van der Waals surface area (Å²) in [7, 11) is 1.30. The predicted octanol–water partition coefficient (Wildman–Crippen LogP) is 2.66. The molecule has 0 rings (SSSR count). The summed E-state index contributed by atoms with van der Waals surface area (Å²) in [5.41, 5.74) is 0.954. The van der Waals surface area contributed by atoms with Gasteiger partial charge in [0.15, 0.2) is 0 Å². The van der Waals surface area contributed by atoms with Gasteiger partial charge in [-0.2, -0.15) is 0 Å². The summed E-state index contributed by atoms with van der Waals surface area (Å²) in [4.78, 5) is 23.1. The molecule has 0 aliphatic carbocycles. The second-order valence-corrected chi connectivity index (χ2v) is 4.69. The van der Waals surface area contributed by atoms with Crippen molar-refractivity contribution in [1.82, 2.24) is 5.32 Å². The highest BCUT2D eigenvalue weighted by atomic mass is 16.6. The standard InChI is InChI=1S/C14H25NO4/c1-6-7-8-19-14(17)15-12(13(16)18-5)9-11(4)10(2)3/h11-12H,2,6-9H2,1,3-5H3,(H,15,17). The first-order valence-corrected chi connectivity index (χ1v) is 6.58. The molecule has 0 bridgehead atoms. The quantitative estimate of drug-likeness (QED) is 0.419. The van der Waals surface area contributed by atoms with Crippen molar-refractivity contribution < 1.29 is 19.1 Å². The topological polar surface area (TPSA) is 64.6 Å². The summed E-state index contributed by atoms with van der Waals surface area (Å²) < 4.78 is 9.65. The van der Waals surface area contributed by atoms with Crippen LogP contribution < -0.4 is 5.32 Å². The maximum atomic E-state index is 11.6. The summed E-state index contributed by atoms with van der Waals surface area (Å²) in [6.45, 7) is 10.0. The van der Waals surface area contributed by atoms with E-state index in [-0.39, 0.29) is 5.92 Å². The Bertz CT molecular complexity index is 315. The molecule has 5 nitrogen and oxygen atoms in total. The fourth-order valence-electron chi connectivity index (χ4n) is 1.40. The molecule has 0 aliphatic heterocycles. The van der Waals surface area contributed by atoms with Crippen LogP contribution in [0.25, 0.3) is 0 Å². The molecule has 0 radical (unpaired) electrons.